The van der Waals surface area contributed by atoms with Gasteiger partial charge in [-0.3, -0.25) is 4.79 Å². The standard InChI is InChI=1S/C11H15ClN2O3/c1-14(11(15)6-13)8-5-9(16-2)7(12)4-10(8)17-3/h4-5H,6,13H2,1-3H3. The van der Waals surface area contributed by atoms with Crippen LogP contribution in [-0.2, 0) is 4.79 Å². The molecular weight excluding hydrogens is 244 g/mol. The minimum atomic E-state index is -0.229. The zero-order valence-electron chi connectivity index (χ0n) is 9.99. The molecule has 0 aromatic heterocycles. The van der Waals surface area contributed by atoms with E-state index in [1.54, 1.807) is 19.2 Å². The van der Waals surface area contributed by atoms with E-state index < -0.39 is 0 Å². The predicted octanol–water partition coefficient (Wildman–Crippen LogP) is 1.28. The van der Waals surface area contributed by atoms with Gasteiger partial charge in [0.25, 0.3) is 0 Å². The molecule has 6 heteroatoms. The molecule has 1 aromatic carbocycles. The van der Waals surface area contributed by atoms with Gasteiger partial charge in [0.05, 0.1) is 31.5 Å². The first-order valence-corrected chi connectivity index (χ1v) is 5.31. The summed E-state index contributed by atoms with van der Waals surface area (Å²) >= 11 is 5.97. The molecule has 0 fully saturated rings. The van der Waals surface area contributed by atoms with Crippen LogP contribution in [0, 0.1) is 0 Å². The Hall–Kier alpha value is -1.46. The summed E-state index contributed by atoms with van der Waals surface area (Å²) in [6, 6.07) is 3.23. The van der Waals surface area contributed by atoms with Crippen LogP contribution < -0.4 is 20.1 Å². The first-order valence-electron chi connectivity index (χ1n) is 4.93. The molecule has 0 radical (unpaired) electrons. The second-order valence-electron chi connectivity index (χ2n) is 3.32. The van der Waals surface area contributed by atoms with Crippen molar-refractivity contribution in [2.24, 2.45) is 5.73 Å². The van der Waals surface area contributed by atoms with Gasteiger partial charge in [-0.05, 0) is 0 Å². The third kappa shape index (κ3) is 2.81. The number of likely N-dealkylation sites (N-methyl/N-ethyl adjacent to an activating group) is 1. The van der Waals surface area contributed by atoms with Crippen LogP contribution in [0.1, 0.15) is 0 Å². The lowest BCUT2D eigenvalue weighted by Crippen LogP contribution is -2.32. The second-order valence-corrected chi connectivity index (χ2v) is 3.72. The van der Waals surface area contributed by atoms with Gasteiger partial charge in [0.1, 0.15) is 11.5 Å². The Kier molecular flexibility index (Phi) is 4.60. The highest BCUT2D eigenvalue weighted by atomic mass is 35.5. The molecule has 0 heterocycles. The van der Waals surface area contributed by atoms with Crippen LogP contribution in [0.5, 0.6) is 11.5 Å². The van der Waals surface area contributed by atoms with Crippen molar-refractivity contribution in [2.45, 2.75) is 0 Å². The van der Waals surface area contributed by atoms with Gasteiger partial charge in [-0.15, -0.1) is 0 Å². The van der Waals surface area contributed by atoms with Gasteiger partial charge in [0.2, 0.25) is 5.91 Å². The van der Waals surface area contributed by atoms with E-state index in [2.05, 4.69) is 0 Å². The van der Waals surface area contributed by atoms with Gasteiger partial charge in [0.15, 0.2) is 0 Å². The van der Waals surface area contributed by atoms with Crippen molar-refractivity contribution < 1.29 is 14.3 Å². The summed E-state index contributed by atoms with van der Waals surface area (Å²) in [7, 11) is 4.62. The third-order valence-electron chi connectivity index (χ3n) is 2.36. The molecule has 0 aliphatic rings. The Morgan fingerprint density at radius 2 is 1.94 bits per heavy atom. The van der Waals surface area contributed by atoms with Crippen LogP contribution in [0.25, 0.3) is 0 Å². The lowest BCUT2D eigenvalue weighted by Gasteiger charge is -2.20. The van der Waals surface area contributed by atoms with Gasteiger partial charge < -0.3 is 20.1 Å². The molecule has 1 rings (SSSR count). The average Bonchev–Trinajstić information content (AvgIpc) is 2.36. The number of carbonyl (C=O) groups excluding carboxylic acids is 1. The van der Waals surface area contributed by atoms with Gasteiger partial charge in [-0.1, -0.05) is 11.6 Å². The van der Waals surface area contributed by atoms with Gasteiger partial charge >= 0.3 is 0 Å². The SMILES string of the molecule is COc1cc(N(C)C(=O)CN)c(OC)cc1Cl. The maximum atomic E-state index is 11.5. The summed E-state index contributed by atoms with van der Waals surface area (Å²) in [5.74, 6) is 0.729. The molecule has 1 amide bonds. The highest BCUT2D eigenvalue weighted by molar-refractivity contribution is 6.32. The molecule has 0 bridgehead atoms. The average molecular weight is 259 g/mol. The number of anilines is 1. The minimum Gasteiger partial charge on any atom is -0.495 e. The maximum absolute atomic E-state index is 11.5. The molecule has 0 unspecified atom stereocenters. The summed E-state index contributed by atoms with van der Waals surface area (Å²) in [4.78, 5) is 12.9. The molecule has 5 nitrogen and oxygen atoms in total. The van der Waals surface area contributed by atoms with Crippen LogP contribution >= 0.6 is 11.6 Å². The molecular formula is C11H15ClN2O3. The fourth-order valence-corrected chi connectivity index (χ4v) is 1.61. The van der Waals surface area contributed by atoms with Gasteiger partial charge in [0, 0.05) is 19.2 Å². The van der Waals surface area contributed by atoms with E-state index >= 15 is 0 Å². The molecule has 0 saturated carbocycles. The number of hydrogen-bond acceptors (Lipinski definition) is 4. The van der Waals surface area contributed by atoms with Crippen molar-refractivity contribution in [1.82, 2.24) is 0 Å². The van der Waals surface area contributed by atoms with Crippen LogP contribution in [0.4, 0.5) is 5.69 Å². The Balaban J connectivity index is 3.25. The number of nitrogens with zero attached hydrogens (tertiary/aromatic N) is 1. The van der Waals surface area contributed by atoms with E-state index in [1.165, 1.54) is 19.1 Å². The van der Waals surface area contributed by atoms with E-state index in [-0.39, 0.29) is 12.5 Å². The van der Waals surface area contributed by atoms with Crippen LogP contribution in [-0.4, -0.2) is 33.7 Å². The Morgan fingerprint density at radius 3 is 2.41 bits per heavy atom. The van der Waals surface area contributed by atoms with E-state index in [9.17, 15) is 4.79 Å². The van der Waals surface area contributed by atoms with Gasteiger partial charge in [-0.2, -0.15) is 0 Å². The molecule has 2 N–H and O–H groups in total. The monoisotopic (exact) mass is 258 g/mol. The maximum Gasteiger partial charge on any atom is 0.240 e. The third-order valence-corrected chi connectivity index (χ3v) is 2.66. The number of rotatable bonds is 4. The summed E-state index contributed by atoms with van der Waals surface area (Å²) < 4.78 is 10.3. The van der Waals surface area contributed by atoms with Crippen LogP contribution in [0.2, 0.25) is 5.02 Å². The summed E-state index contributed by atoms with van der Waals surface area (Å²) in [5, 5.41) is 0.418. The Bertz CT molecular complexity index is 423. The molecule has 0 saturated heterocycles. The van der Waals surface area contributed by atoms with E-state index in [1.807, 2.05) is 0 Å². The smallest absolute Gasteiger partial charge is 0.240 e. The zero-order valence-corrected chi connectivity index (χ0v) is 10.7. The summed E-state index contributed by atoms with van der Waals surface area (Å²) in [5.41, 5.74) is 5.87. The van der Waals surface area contributed by atoms with Crippen LogP contribution in [0.3, 0.4) is 0 Å². The van der Waals surface area contributed by atoms with Crippen molar-refractivity contribution in [2.75, 3.05) is 32.7 Å². The number of methoxy groups -OCH3 is 2. The van der Waals surface area contributed by atoms with E-state index in [4.69, 9.17) is 26.8 Å². The number of ether oxygens (including phenoxy) is 2. The van der Waals surface area contributed by atoms with Crippen molar-refractivity contribution in [3.05, 3.63) is 17.2 Å². The largest absolute Gasteiger partial charge is 0.495 e. The quantitative estimate of drug-likeness (QED) is 0.884. The summed E-state index contributed by atoms with van der Waals surface area (Å²) in [6.07, 6.45) is 0. The number of halogens is 1. The molecule has 0 atom stereocenters. The highest BCUT2D eigenvalue weighted by Gasteiger charge is 2.17. The normalized spacial score (nSPS) is 9.94. The fourth-order valence-electron chi connectivity index (χ4n) is 1.38. The molecule has 0 aliphatic carbocycles. The van der Waals surface area contributed by atoms with E-state index in [0.29, 0.717) is 22.2 Å². The molecule has 94 valence electrons. The predicted molar refractivity (Wildman–Crippen MR) is 67.0 cm³/mol. The number of hydrogen-bond donors (Lipinski definition) is 1. The Morgan fingerprint density at radius 1 is 1.35 bits per heavy atom. The first-order chi connectivity index (χ1) is 8.04. The van der Waals surface area contributed by atoms with Gasteiger partial charge in [-0.25, -0.2) is 0 Å². The van der Waals surface area contributed by atoms with E-state index in [0.717, 1.165) is 0 Å². The lowest BCUT2D eigenvalue weighted by molar-refractivity contribution is -0.117. The number of benzene rings is 1. The lowest BCUT2D eigenvalue weighted by atomic mass is 10.2. The van der Waals surface area contributed by atoms with Crippen molar-refractivity contribution >= 4 is 23.2 Å². The minimum absolute atomic E-state index is 0.0788. The molecule has 0 aliphatic heterocycles. The fraction of sp³-hybridized carbons (Fsp3) is 0.364. The Labute approximate surface area is 105 Å². The molecule has 1 aromatic rings. The van der Waals surface area contributed by atoms with Crippen molar-refractivity contribution in [3.63, 3.8) is 0 Å². The molecule has 0 spiro atoms. The number of carbonyl (C=O) groups is 1. The van der Waals surface area contributed by atoms with Crippen LogP contribution in [0.15, 0.2) is 12.1 Å². The number of nitrogens with two attached hydrogens (primary N) is 1. The highest BCUT2D eigenvalue weighted by Crippen LogP contribution is 2.37. The second kappa shape index (κ2) is 5.75. The number of amides is 1. The van der Waals surface area contributed by atoms with Crippen molar-refractivity contribution in [3.8, 4) is 11.5 Å². The summed E-state index contributed by atoms with van der Waals surface area (Å²) in [6.45, 7) is -0.0788. The zero-order chi connectivity index (χ0) is 13.0. The topological polar surface area (TPSA) is 64.8 Å². The molecule has 17 heavy (non-hydrogen) atoms. The first kappa shape index (κ1) is 13.6. The van der Waals surface area contributed by atoms with Crippen molar-refractivity contribution in [1.29, 1.82) is 0 Å².